The number of rotatable bonds is 22. The van der Waals surface area contributed by atoms with Gasteiger partial charge in [-0.05, 0) is 137 Å². The highest BCUT2D eigenvalue weighted by Gasteiger charge is 2.33. The van der Waals surface area contributed by atoms with Gasteiger partial charge in [0, 0.05) is 17.7 Å². The molecule has 0 unspecified atom stereocenters. The van der Waals surface area contributed by atoms with Gasteiger partial charge < -0.3 is 36.0 Å². The Morgan fingerprint density at radius 2 is 0.983 bits per heavy atom. The van der Waals surface area contributed by atoms with Crippen LogP contribution < -0.4 is 20.7 Å². The van der Waals surface area contributed by atoms with E-state index in [2.05, 4.69) is 16.0 Å². The van der Waals surface area contributed by atoms with Crippen LogP contribution in [0.4, 0.5) is 0 Å². The molecule has 0 aromatic heterocycles. The highest BCUT2D eigenvalue weighted by Crippen LogP contribution is 2.27. The fourth-order valence-corrected chi connectivity index (χ4v) is 8.79. The molecule has 6 rings (SSSR count). The minimum absolute atomic E-state index is 0.00971. The van der Waals surface area contributed by atoms with Crippen LogP contribution in [0.2, 0.25) is 0 Å². The molecule has 13 heteroatoms. The Labute approximate surface area is 339 Å². The lowest BCUT2D eigenvalue weighted by Gasteiger charge is -2.22. The van der Waals surface area contributed by atoms with Crippen LogP contribution in [0.15, 0.2) is 72.8 Å². The molecule has 3 fully saturated rings. The van der Waals surface area contributed by atoms with E-state index in [1.54, 1.807) is 47.4 Å². The second-order valence-corrected chi connectivity index (χ2v) is 16.2. The number of Topliss-reactive ketones (excluding diaryl/α,β-unsaturated/α-hetero) is 2. The Morgan fingerprint density at radius 3 is 1.36 bits per heavy atom. The summed E-state index contributed by atoms with van der Waals surface area (Å²) in [7, 11) is 0. The number of carbonyl (C=O) groups is 5. The third-order valence-electron chi connectivity index (χ3n) is 12.1. The number of hydrogen-bond acceptors (Lipinski definition) is 10. The van der Waals surface area contributed by atoms with Crippen LogP contribution >= 0.6 is 0 Å². The largest absolute Gasteiger partial charge is 0.492 e. The van der Waals surface area contributed by atoms with Crippen molar-refractivity contribution >= 4 is 29.5 Å². The Kier molecular flexibility index (Phi) is 15.2. The molecule has 58 heavy (non-hydrogen) atoms. The van der Waals surface area contributed by atoms with E-state index in [0.717, 1.165) is 55.6 Å². The van der Waals surface area contributed by atoms with Crippen LogP contribution in [0.25, 0.3) is 0 Å². The summed E-state index contributed by atoms with van der Waals surface area (Å²) in [5.41, 5.74) is 3.21. The van der Waals surface area contributed by atoms with Crippen molar-refractivity contribution in [3.63, 3.8) is 0 Å². The van der Waals surface area contributed by atoms with E-state index >= 15 is 0 Å². The van der Waals surface area contributed by atoms with Crippen molar-refractivity contribution in [2.24, 2.45) is 35.5 Å². The van der Waals surface area contributed by atoms with Crippen LogP contribution in [0.5, 0.6) is 5.75 Å². The summed E-state index contributed by atoms with van der Waals surface area (Å²) in [5.74, 6) is -4.01. The number of aliphatic carboxylic acids is 3. The van der Waals surface area contributed by atoms with E-state index < -0.39 is 35.7 Å². The predicted octanol–water partition coefficient (Wildman–Crippen LogP) is 3.69. The molecule has 0 aliphatic carbocycles. The van der Waals surface area contributed by atoms with E-state index in [-0.39, 0.29) is 55.6 Å². The van der Waals surface area contributed by atoms with Gasteiger partial charge in [-0.2, -0.15) is 0 Å². The van der Waals surface area contributed by atoms with Gasteiger partial charge in [-0.1, -0.05) is 48.5 Å². The van der Waals surface area contributed by atoms with E-state index in [0.29, 0.717) is 55.8 Å². The van der Waals surface area contributed by atoms with Crippen molar-refractivity contribution in [1.29, 1.82) is 0 Å². The van der Waals surface area contributed by atoms with E-state index in [1.165, 1.54) is 0 Å². The Hall–Kier alpha value is -4.95. The molecule has 6 N–H and O–H groups in total. The molecule has 13 nitrogen and oxygen atoms in total. The number of carboxylic acid groups (broad SMARTS) is 3. The molecule has 0 amide bonds. The van der Waals surface area contributed by atoms with Gasteiger partial charge in [0.2, 0.25) is 0 Å². The molecular weight excluding hydrogens is 741 g/mol. The fourth-order valence-electron chi connectivity index (χ4n) is 8.79. The van der Waals surface area contributed by atoms with Crippen molar-refractivity contribution in [3.05, 3.63) is 101 Å². The van der Waals surface area contributed by atoms with Gasteiger partial charge in [-0.3, -0.25) is 28.9 Å². The van der Waals surface area contributed by atoms with Gasteiger partial charge in [0.05, 0.1) is 30.8 Å². The molecule has 3 aromatic rings. The maximum absolute atomic E-state index is 13.9. The highest BCUT2D eigenvalue weighted by atomic mass is 16.5. The summed E-state index contributed by atoms with van der Waals surface area (Å²) in [4.78, 5) is 66.0. The maximum Gasteiger partial charge on any atom is 0.307 e. The third-order valence-corrected chi connectivity index (χ3v) is 12.1. The minimum Gasteiger partial charge on any atom is -0.492 e. The Bertz CT molecular complexity index is 1810. The molecule has 3 saturated heterocycles. The van der Waals surface area contributed by atoms with Gasteiger partial charge >= 0.3 is 17.9 Å². The first-order chi connectivity index (χ1) is 28.0. The van der Waals surface area contributed by atoms with Crippen molar-refractivity contribution in [2.45, 2.75) is 38.5 Å². The summed E-state index contributed by atoms with van der Waals surface area (Å²) < 4.78 is 6.14. The van der Waals surface area contributed by atoms with E-state index in [1.807, 2.05) is 30.3 Å². The van der Waals surface area contributed by atoms with Crippen LogP contribution in [0.1, 0.15) is 56.7 Å². The molecule has 310 valence electrons. The molecule has 3 aromatic carbocycles. The van der Waals surface area contributed by atoms with Gasteiger partial charge in [0.1, 0.15) is 12.4 Å². The summed E-state index contributed by atoms with van der Waals surface area (Å²) in [6.07, 6.45) is 3.37. The zero-order valence-corrected chi connectivity index (χ0v) is 32.9. The van der Waals surface area contributed by atoms with E-state index in [4.69, 9.17) is 4.74 Å². The van der Waals surface area contributed by atoms with Crippen molar-refractivity contribution in [3.8, 4) is 5.75 Å². The van der Waals surface area contributed by atoms with Gasteiger partial charge in [0.15, 0.2) is 11.6 Å². The van der Waals surface area contributed by atoms with Crippen LogP contribution in [-0.4, -0.2) is 115 Å². The first-order valence-electron chi connectivity index (χ1n) is 20.5. The number of nitrogens with zero attached hydrogens (tertiary/aromatic N) is 1. The number of carbonyl (C=O) groups excluding carboxylic acids is 2. The van der Waals surface area contributed by atoms with Gasteiger partial charge in [-0.25, -0.2) is 0 Å². The predicted molar refractivity (Wildman–Crippen MR) is 217 cm³/mol. The highest BCUT2D eigenvalue weighted by molar-refractivity contribution is 6.00. The Morgan fingerprint density at radius 1 is 0.586 bits per heavy atom. The van der Waals surface area contributed by atoms with Crippen LogP contribution in [-0.2, 0) is 33.6 Å². The molecule has 0 spiro atoms. The van der Waals surface area contributed by atoms with Crippen LogP contribution in [0, 0.1) is 35.5 Å². The average molecular weight is 797 g/mol. The second-order valence-electron chi connectivity index (χ2n) is 16.2. The summed E-state index contributed by atoms with van der Waals surface area (Å²) in [6, 6.07) is 21.5. The summed E-state index contributed by atoms with van der Waals surface area (Å²) in [5, 5.41) is 39.7. The normalized spacial score (nSPS) is 20.7. The number of hydrogen-bond donors (Lipinski definition) is 6. The molecule has 0 radical (unpaired) electrons. The summed E-state index contributed by atoms with van der Waals surface area (Å²) >= 11 is 0. The molecule has 3 aliphatic heterocycles. The lowest BCUT2D eigenvalue weighted by Crippen LogP contribution is -2.37. The van der Waals surface area contributed by atoms with Crippen molar-refractivity contribution < 1.29 is 44.0 Å². The number of ether oxygens (including phenoxy) is 1. The SMILES string of the molecule is O=C(CN(CCOc1cccc(C[C@H](C(=O)O)[C@H]2CCNC2)c1)CC(=O)c1cccc(C[C@H](C(=O)O)[C@H]2CCNC2)c1)c1cccc(C[C@H](C(=O)O)[C@H]2CCNC2)c1. The molecule has 0 saturated carbocycles. The maximum atomic E-state index is 13.9. The standard InChI is InChI=1S/C45H56N4O9/c50-41(32-7-1-4-29(18-32)21-38(43(52)53)34-10-13-46-24-34)27-49(16-17-58-37-9-3-6-31(20-37)23-40(45(56)57)36-12-15-48-26-36)28-42(51)33-8-2-5-30(19-33)22-39(44(54)55)35-11-14-47-25-35/h1-9,18-20,34-36,38-40,46-48H,10-17,21-28H2,(H,52,53)(H,54,55)(H,56,57)/t34-,35-,36-,38-,39-,40-/m0/s1. The molecular formula is C45H56N4O9. The number of benzene rings is 3. The lowest BCUT2D eigenvalue weighted by atomic mass is 9.85. The van der Waals surface area contributed by atoms with Gasteiger partial charge in [0.25, 0.3) is 0 Å². The Balaban J connectivity index is 1.15. The quantitative estimate of drug-likeness (QED) is 0.0808. The first-order valence-corrected chi connectivity index (χ1v) is 20.5. The molecule has 3 aliphatic rings. The molecule has 3 heterocycles. The number of carboxylic acids is 3. The summed E-state index contributed by atoms with van der Waals surface area (Å²) in [6.45, 7) is 4.51. The van der Waals surface area contributed by atoms with E-state index in [9.17, 15) is 39.3 Å². The zero-order valence-electron chi connectivity index (χ0n) is 32.9. The molecule has 0 bridgehead atoms. The van der Waals surface area contributed by atoms with Crippen molar-refractivity contribution in [1.82, 2.24) is 20.9 Å². The third kappa shape index (κ3) is 11.8. The minimum atomic E-state index is -0.855. The van der Waals surface area contributed by atoms with Gasteiger partial charge in [-0.15, -0.1) is 0 Å². The van der Waals surface area contributed by atoms with Crippen LogP contribution in [0.3, 0.4) is 0 Å². The second kappa shape index (κ2) is 20.6. The smallest absolute Gasteiger partial charge is 0.307 e. The van der Waals surface area contributed by atoms with Crippen molar-refractivity contribution in [2.75, 3.05) is 65.5 Å². The number of ketones is 2. The topological polar surface area (TPSA) is 195 Å². The monoisotopic (exact) mass is 796 g/mol. The zero-order chi connectivity index (χ0) is 41.0. The first kappa shape index (κ1) is 42.7. The average Bonchev–Trinajstić information content (AvgIpc) is 4.04. The lowest BCUT2D eigenvalue weighted by molar-refractivity contribution is -0.144. The molecule has 6 atom stereocenters. The number of nitrogens with one attached hydrogen (secondary N) is 3. The fraction of sp³-hybridized carbons (Fsp3) is 0.489.